The van der Waals surface area contributed by atoms with E-state index in [1.165, 1.54) is 12.1 Å². The van der Waals surface area contributed by atoms with Gasteiger partial charge in [-0.05, 0) is 37.1 Å². The van der Waals surface area contributed by atoms with Crippen molar-refractivity contribution in [2.24, 2.45) is 0 Å². The fourth-order valence-corrected chi connectivity index (χ4v) is 2.12. The maximum atomic E-state index is 13.4. The first-order valence-corrected chi connectivity index (χ1v) is 4.94. The van der Waals surface area contributed by atoms with Crippen molar-refractivity contribution in [1.82, 2.24) is 5.32 Å². The van der Waals surface area contributed by atoms with Crippen molar-refractivity contribution in [3.63, 3.8) is 0 Å². The number of rotatable bonds is 2. The Morgan fingerprint density at radius 2 is 2.07 bits per heavy atom. The van der Waals surface area contributed by atoms with Gasteiger partial charge in [-0.25, -0.2) is 8.78 Å². The number of halogens is 2. The first kappa shape index (κ1) is 9.59. The molecule has 0 aromatic heterocycles. The molecular formula is C11H13F2N. The molecule has 0 saturated heterocycles. The van der Waals surface area contributed by atoms with Crippen LogP contribution in [0.4, 0.5) is 8.78 Å². The summed E-state index contributed by atoms with van der Waals surface area (Å²) in [6.07, 6.45) is 1.43. The zero-order chi connectivity index (χ0) is 10.1. The fourth-order valence-electron chi connectivity index (χ4n) is 2.12. The topological polar surface area (TPSA) is 12.0 Å². The molecule has 3 heteroatoms. The first-order chi connectivity index (χ1) is 6.74. The minimum Gasteiger partial charge on any atom is -0.310 e. The van der Waals surface area contributed by atoms with Crippen molar-refractivity contribution < 1.29 is 8.78 Å². The van der Waals surface area contributed by atoms with Crippen LogP contribution in [0, 0.1) is 11.6 Å². The molecule has 0 radical (unpaired) electrons. The van der Waals surface area contributed by atoms with E-state index in [-0.39, 0.29) is 17.7 Å². The third-order valence-electron chi connectivity index (χ3n) is 2.73. The summed E-state index contributed by atoms with van der Waals surface area (Å²) in [7, 11) is 0. The lowest BCUT2D eigenvalue weighted by Gasteiger charge is -2.12. The average Bonchev–Trinajstić information content (AvgIpc) is 2.58. The Bertz CT molecular complexity index is 349. The Balaban J connectivity index is 2.42. The second-order valence-corrected chi connectivity index (χ2v) is 3.57. The quantitative estimate of drug-likeness (QED) is 0.768. The van der Waals surface area contributed by atoms with Crippen LogP contribution in [0.5, 0.6) is 0 Å². The molecule has 0 amide bonds. The molecule has 1 aliphatic carbocycles. The summed E-state index contributed by atoms with van der Waals surface area (Å²) in [4.78, 5) is 0. The molecule has 1 unspecified atom stereocenters. The Morgan fingerprint density at radius 3 is 2.79 bits per heavy atom. The SMILES string of the molecule is CCNC1CCc2c(F)ccc(F)c21. The zero-order valence-corrected chi connectivity index (χ0v) is 8.11. The van der Waals surface area contributed by atoms with E-state index < -0.39 is 0 Å². The second-order valence-electron chi connectivity index (χ2n) is 3.57. The van der Waals surface area contributed by atoms with Gasteiger partial charge in [0.25, 0.3) is 0 Å². The smallest absolute Gasteiger partial charge is 0.128 e. The molecule has 14 heavy (non-hydrogen) atoms. The summed E-state index contributed by atoms with van der Waals surface area (Å²) < 4.78 is 26.7. The highest BCUT2D eigenvalue weighted by atomic mass is 19.1. The van der Waals surface area contributed by atoms with E-state index >= 15 is 0 Å². The molecule has 0 aliphatic heterocycles. The maximum Gasteiger partial charge on any atom is 0.128 e. The molecule has 1 aliphatic rings. The van der Waals surface area contributed by atoms with Gasteiger partial charge in [-0.2, -0.15) is 0 Å². The van der Waals surface area contributed by atoms with Gasteiger partial charge in [0.05, 0.1) is 0 Å². The minimum atomic E-state index is -0.287. The van der Waals surface area contributed by atoms with Crippen LogP contribution in [0.25, 0.3) is 0 Å². The number of hydrogen-bond donors (Lipinski definition) is 1. The molecule has 1 aromatic rings. The summed E-state index contributed by atoms with van der Waals surface area (Å²) in [5.74, 6) is -0.563. The van der Waals surface area contributed by atoms with Crippen molar-refractivity contribution >= 4 is 0 Å². The van der Waals surface area contributed by atoms with Gasteiger partial charge in [0.1, 0.15) is 11.6 Å². The molecule has 1 aromatic carbocycles. The molecule has 0 fully saturated rings. The van der Waals surface area contributed by atoms with Gasteiger partial charge in [-0.15, -0.1) is 0 Å². The highest BCUT2D eigenvalue weighted by Crippen LogP contribution is 2.34. The van der Waals surface area contributed by atoms with E-state index in [1.54, 1.807) is 0 Å². The normalized spacial score (nSPS) is 19.8. The summed E-state index contributed by atoms with van der Waals surface area (Å²) in [5.41, 5.74) is 1.09. The van der Waals surface area contributed by atoms with E-state index in [4.69, 9.17) is 0 Å². The summed E-state index contributed by atoms with van der Waals surface area (Å²) >= 11 is 0. The van der Waals surface area contributed by atoms with Gasteiger partial charge < -0.3 is 5.32 Å². The van der Waals surface area contributed by atoms with Crippen LogP contribution in [-0.4, -0.2) is 6.54 Å². The highest BCUT2D eigenvalue weighted by molar-refractivity contribution is 5.36. The highest BCUT2D eigenvalue weighted by Gasteiger charge is 2.27. The zero-order valence-electron chi connectivity index (χ0n) is 8.11. The number of benzene rings is 1. The van der Waals surface area contributed by atoms with Crippen molar-refractivity contribution in [1.29, 1.82) is 0 Å². The standard InChI is InChI=1S/C11H13F2N/c1-2-14-10-6-3-7-8(12)4-5-9(13)11(7)10/h4-5,10,14H,2-3,6H2,1H3. The van der Waals surface area contributed by atoms with E-state index in [1.807, 2.05) is 6.92 Å². The van der Waals surface area contributed by atoms with Crippen LogP contribution in [0.15, 0.2) is 12.1 Å². The molecule has 76 valence electrons. The molecule has 1 nitrogen and oxygen atoms in total. The maximum absolute atomic E-state index is 13.4. The summed E-state index contributed by atoms with van der Waals surface area (Å²) in [6, 6.07) is 2.41. The van der Waals surface area contributed by atoms with Gasteiger partial charge in [-0.1, -0.05) is 6.92 Å². The lowest BCUT2D eigenvalue weighted by molar-refractivity contribution is 0.515. The second kappa shape index (κ2) is 3.65. The predicted octanol–water partition coefficient (Wildman–Crippen LogP) is 2.56. The molecule has 2 rings (SSSR count). The predicted molar refractivity (Wildman–Crippen MR) is 51.1 cm³/mol. The van der Waals surface area contributed by atoms with E-state index in [0.29, 0.717) is 17.5 Å². The van der Waals surface area contributed by atoms with E-state index in [0.717, 1.165) is 13.0 Å². The van der Waals surface area contributed by atoms with Crippen molar-refractivity contribution in [2.75, 3.05) is 6.54 Å². The Labute approximate surface area is 82.1 Å². The van der Waals surface area contributed by atoms with Crippen LogP contribution in [0.2, 0.25) is 0 Å². The molecule has 1 N–H and O–H groups in total. The average molecular weight is 197 g/mol. The Kier molecular flexibility index (Phi) is 2.50. The minimum absolute atomic E-state index is 0.00861. The largest absolute Gasteiger partial charge is 0.310 e. The third kappa shape index (κ3) is 1.42. The molecule has 0 heterocycles. The van der Waals surface area contributed by atoms with Crippen LogP contribution in [-0.2, 0) is 6.42 Å². The number of nitrogens with one attached hydrogen (secondary N) is 1. The third-order valence-corrected chi connectivity index (χ3v) is 2.73. The Morgan fingerprint density at radius 1 is 1.36 bits per heavy atom. The van der Waals surface area contributed by atoms with Gasteiger partial charge in [0.15, 0.2) is 0 Å². The number of hydrogen-bond acceptors (Lipinski definition) is 1. The molecule has 1 atom stereocenters. The van der Waals surface area contributed by atoms with Crippen LogP contribution < -0.4 is 5.32 Å². The first-order valence-electron chi connectivity index (χ1n) is 4.94. The molecule has 0 spiro atoms. The lowest BCUT2D eigenvalue weighted by atomic mass is 10.1. The molecule has 0 saturated carbocycles. The monoisotopic (exact) mass is 197 g/mol. The van der Waals surface area contributed by atoms with Gasteiger partial charge >= 0.3 is 0 Å². The molecule has 0 bridgehead atoms. The van der Waals surface area contributed by atoms with Crippen LogP contribution in [0.1, 0.15) is 30.5 Å². The van der Waals surface area contributed by atoms with Crippen molar-refractivity contribution in [3.8, 4) is 0 Å². The van der Waals surface area contributed by atoms with Gasteiger partial charge in [0.2, 0.25) is 0 Å². The summed E-state index contributed by atoms with van der Waals surface area (Å²) in [5, 5.41) is 3.16. The van der Waals surface area contributed by atoms with Gasteiger partial charge in [-0.3, -0.25) is 0 Å². The van der Waals surface area contributed by atoms with Crippen molar-refractivity contribution in [2.45, 2.75) is 25.8 Å². The van der Waals surface area contributed by atoms with Crippen LogP contribution in [0.3, 0.4) is 0 Å². The summed E-state index contributed by atoms with van der Waals surface area (Å²) in [6.45, 7) is 2.75. The van der Waals surface area contributed by atoms with Crippen LogP contribution >= 0.6 is 0 Å². The number of fused-ring (bicyclic) bond motifs is 1. The van der Waals surface area contributed by atoms with Crippen molar-refractivity contribution in [3.05, 3.63) is 34.9 Å². The van der Waals surface area contributed by atoms with E-state index in [2.05, 4.69) is 5.32 Å². The fraction of sp³-hybridized carbons (Fsp3) is 0.455. The van der Waals surface area contributed by atoms with E-state index in [9.17, 15) is 8.78 Å². The lowest BCUT2D eigenvalue weighted by Crippen LogP contribution is -2.19. The van der Waals surface area contributed by atoms with Gasteiger partial charge in [0, 0.05) is 11.6 Å². The Hall–Kier alpha value is -0.960. The molecular weight excluding hydrogens is 184 g/mol.